The smallest absolute Gasteiger partial charge is 0.0625 e. The van der Waals surface area contributed by atoms with Crippen LogP contribution in [0, 0.1) is 34.5 Å². The fraction of sp³-hybridized carbons (Fsp3) is 0.909. The maximum absolute atomic E-state index is 10.7. The van der Waals surface area contributed by atoms with Gasteiger partial charge in [0.05, 0.1) is 11.7 Å². The molecule has 0 saturated heterocycles. The van der Waals surface area contributed by atoms with E-state index in [0.717, 1.165) is 30.6 Å². The van der Waals surface area contributed by atoms with Crippen LogP contribution in [0.2, 0.25) is 0 Å². The molecule has 4 rings (SSSR count). The van der Waals surface area contributed by atoms with E-state index in [1.54, 1.807) is 5.57 Å². The van der Waals surface area contributed by atoms with E-state index in [4.69, 9.17) is 0 Å². The van der Waals surface area contributed by atoms with Crippen molar-refractivity contribution in [2.24, 2.45) is 34.5 Å². The molecule has 0 radical (unpaired) electrons. The van der Waals surface area contributed by atoms with Crippen molar-refractivity contribution in [3.8, 4) is 0 Å². The molecule has 0 aromatic rings. The zero-order valence-electron chi connectivity index (χ0n) is 16.0. The second kappa shape index (κ2) is 5.33. The minimum Gasteiger partial charge on any atom is -0.393 e. The molecule has 0 aromatic heterocycles. The van der Waals surface area contributed by atoms with Crippen molar-refractivity contribution in [1.29, 1.82) is 0 Å². The van der Waals surface area contributed by atoms with Gasteiger partial charge < -0.3 is 10.2 Å². The van der Waals surface area contributed by atoms with Crippen molar-refractivity contribution < 1.29 is 10.2 Å². The number of aliphatic hydroxyl groups is 2. The summed E-state index contributed by atoms with van der Waals surface area (Å²) in [6.45, 7) is 9.03. The normalized spacial score (nSPS) is 51.4. The minimum absolute atomic E-state index is 0.110. The van der Waals surface area contributed by atoms with Crippen LogP contribution < -0.4 is 0 Å². The standard InChI is InChI=1S/C22H36O2/c1-20(2,24)19-8-7-17-16-6-5-14-13-15(23)9-11-21(14,3)18(16)10-12-22(17,19)4/h5,15-19,23-24H,6-13H2,1-4H3/t15-,16-,17-,18-,19?,21-,22-/m0/s1. The van der Waals surface area contributed by atoms with E-state index in [1.165, 1.54) is 38.5 Å². The fourth-order valence-electron chi connectivity index (χ4n) is 7.80. The van der Waals surface area contributed by atoms with Gasteiger partial charge in [-0.15, -0.1) is 0 Å². The summed E-state index contributed by atoms with van der Waals surface area (Å²) in [7, 11) is 0. The van der Waals surface area contributed by atoms with E-state index in [1.807, 2.05) is 13.8 Å². The highest BCUT2D eigenvalue weighted by atomic mass is 16.3. The molecule has 136 valence electrons. The lowest BCUT2D eigenvalue weighted by Gasteiger charge is -2.58. The molecule has 2 heteroatoms. The van der Waals surface area contributed by atoms with Crippen LogP contribution in [0.4, 0.5) is 0 Å². The SMILES string of the molecule is CC(C)(O)C1CC[C@H]2[C@@H]3CC=C4C[C@@H](O)CC[C@]4(C)[C@H]3CC[C@]12C. The van der Waals surface area contributed by atoms with Gasteiger partial charge in [0.25, 0.3) is 0 Å². The lowest BCUT2D eigenvalue weighted by molar-refractivity contribution is -0.0948. The summed E-state index contributed by atoms with van der Waals surface area (Å²) in [4.78, 5) is 0. The van der Waals surface area contributed by atoms with Crippen molar-refractivity contribution in [2.45, 2.75) is 90.8 Å². The predicted molar refractivity (Wildman–Crippen MR) is 97.5 cm³/mol. The van der Waals surface area contributed by atoms with Crippen LogP contribution in [0.5, 0.6) is 0 Å². The summed E-state index contributed by atoms with van der Waals surface area (Å²) in [6.07, 6.45) is 11.7. The molecule has 0 aliphatic heterocycles. The highest BCUT2D eigenvalue weighted by Crippen LogP contribution is 2.67. The van der Waals surface area contributed by atoms with Crippen molar-refractivity contribution in [3.05, 3.63) is 11.6 Å². The molecule has 7 atom stereocenters. The Morgan fingerprint density at radius 3 is 2.50 bits per heavy atom. The van der Waals surface area contributed by atoms with E-state index in [-0.39, 0.29) is 6.10 Å². The van der Waals surface area contributed by atoms with E-state index in [9.17, 15) is 10.2 Å². The van der Waals surface area contributed by atoms with Crippen LogP contribution in [0.3, 0.4) is 0 Å². The van der Waals surface area contributed by atoms with Gasteiger partial charge >= 0.3 is 0 Å². The third-order valence-corrected chi connectivity index (χ3v) is 8.93. The molecule has 2 nitrogen and oxygen atoms in total. The van der Waals surface area contributed by atoms with Crippen LogP contribution in [0.25, 0.3) is 0 Å². The average molecular weight is 333 g/mol. The molecular weight excluding hydrogens is 296 g/mol. The Labute approximate surface area is 147 Å². The number of rotatable bonds is 1. The van der Waals surface area contributed by atoms with E-state index < -0.39 is 5.60 Å². The molecule has 0 heterocycles. The Morgan fingerprint density at radius 2 is 1.79 bits per heavy atom. The van der Waals surface area contributed by atoms with Crippen LogP contribution in [0.15, 0.2) is 11.6 Å². The molecule has 0 aromatic carbocycles. The molecule has 4 aliphatic rings. The molecule has 0 spiro atoms. The Bertz CT molecular complexity index is 545. The summed E-state index contributed by atoms with van der Waals surface area (Å²) in [5, 5.41) is 20.9. The number of hydrogen-bond acceptors (Lipinski definition) is 2. The molecule has 3 fully saturated rings. The summed E-state index contributed by atoms with van der Waals surface area (Å²) in [6, 6.07) is 0. The van der Waals surface area contributed by atoms with Gasteiger partial charge in [-0.2, -0.15) is 0 Å². The quantitative estimate of drug-likeness (QED) is 0.683. The first-order valence-corrected chi connectivity index (χ1v) is 10.3. The van der Waals surface area contributed by atoms with Crippen LogP contribution in [-0.4, -0.2) is 21.9 Å². The topological polar surface area (TPSA) is 40.5 Å². The van der Waals surface area contributed by atoms with Crippen molar-refractivity contribution in [3.63, 3.8) is 0 Å². The first-order chi connectivity index (χ1) is 11.2. The van der Waals surface area contributed by atoms with E-state index >= 15 is 0 Å². The van der Waals surface area contributed by atoms with Crippen molar-refractivity contribution in [2.75, 3.05) is 0 Å². The van der Waals surface area contributed by atoms with Gasteiger partial charge in [0.2, 0.25) is 0 Å². The Balaban J connectivity index is 1.65. The molecule has 4 aliphatic carbocycles. The molecule has 3 saturated carbocycles. The third kappa shape index (κ3) is 2.28. The van der Waals surface area contributed by atoms with Crippen molar-refractivity contribution in [1.82, 2.24) is 0 Å². The molecule has 24 heavy (non-hydrogen) atoms. The summed E-state index contributed by atoms with van der Waals surface area (Å²) in [5.74, 6) is 2.81. The number of hydrogen-bond donors (Lipinski definition) is 2. The highest BCUT2D eigenvalue weighted by molar-refractivity contribution is 5.25. The molecule has 2 N–H and O–H groups in total. The van der Waals surface area contributed by atoms with Gasteiger partial charge in [-0.25, -0.2) is 0 Å². The average Bonchev–Trinajstić information content (AvgIpc) is 2.85. The lowest BCUT2D eigenvalue weighted by Crippen LogP contribution is -2.52. The highest BCUT2D eigenvalue weighted by Gasteiger charge is 2.60. The number of fused-ring (bicyclic) bond motifs is 5. The van der Waals surface area contributed by atoms with Crippen LogP contribution >= 0.6 is 0 Å². The molecule has 0 amide bonds. The molecule has 1 unspecified atom stereocenters. The van der Waals surface area contributed by atoms with Crippen LogP contribution in [0.1, 0.15) is 79.1 Å². The largest absolute Gasteiger partial charge is 0.393 e. The van der Waals surface area contributed by atoms with Gasteiger partial charge in [-0.3, -0.25) is 0 Å². The summed E-state index contributed by atoms with van der Waals surface area (Å²) < 4.78 is 0. The maximum Gasteiger partial charge on any atom is 0.0625 e. The predicted octanol–water partition coefficient (Wildman–Crippen LogP) is 4.70. The second-order valence-corrected chi connectivity index (χ2v) is 10.5. The summed E-state index contributed by atoms with van der Waals surface area (Å²) >= 11 is 0. The minimum atomic E-state index is -0.551. The van der Waals surface area contributed by atoms with Crippen LogP contribution in [-0.2, 0) is 0 Å². The zero-order chi connectivity index (χ0) is 17.3. The monoisotopic (exact) mass is 332 g/mol. The molecule has 0 bridgehead atoms. The van der Waals surface area contributed by atoms with Gasteiger partial charge in [0, 0.05) is 0 Å². The maximum atomic E-state index is 10.7. The number of allylic oxidation sites excluding steroid dienone is 1. The third-order valence-electron chi connectivity index (χ3n) is 8.93. The first kappa shape index (κ1) is 17.1. The Hall–Kier alpha value is -0.340. The first-order valence-electron chi connectivity index (χ1n) is 10.3. The fourth-order valence-corrected chi connectivity index (χ4v) is 7.80. The zero-order valence-corrected chi connectivity index (χ0v) is 16.0. The van der Waals surface area contributed by atoms with Gasteiger partial charge in [-0.1, -0.05) is 25.5 Å². The second-order valence-electron chi connectivity index (χ2n) is 10.5. The van der Waals surface area contributed by atoms with Gasteiger partial charge in [-0.05, 0) is 99.7 Å². The summed E-state index contributed by atoms with van der Waals surface area (Å²) in [5.41, 5.74) is 1.65. The van der Waals surface area contributed by atoms with Gasteiger partial charge in [0.1, 0.15) is 0 Å². The Morgan fingerprint density at radius 1 is 1.04 bits per heavy atom. The molecular formula is C22H36O2. The van der Waals surface area contributed by atoms with Gasteiger partial charge in [0.15, 0.2) is 0 Å². The Kier molecular flexibility index (Phi) is 3.80. The van der Waals surface area contributed by atoms with E-state index in [2.05, 4.69) is 19.9 Å². The van der Waals surface area contributed by atoms with E-state index in [0.29, 0.717) is 16.7 Å². The lowest BCUT2D eigenvalue weighted by atomic mass is 9.47. The number of aliphatic hydroxyl groups excluding tert-OH is 1. The van der Waals surface area contributed by atoms with Crippen molar-refractivity contribution >= 4 is 0 Å².